The van der Waals surface area contributed by atoms with E-state index in [0.717, 1.165) is 47.9 Å². The van der Waals surface area contributed by atoms with Gasteiger partial charge in [-0.2, -0.15) is 0 Å². The Morgan fingerprint density at radius 1 is 0.972 bits per heavy atom. The van der Waals surface area contributed by atoms with Gasteiger partial charge in [0.1, 0.15) is 11.6 Å². The number of nitrogens with zero attached hydrogens (tertiary/aromatic N) is 5. The number of aromatic nitrogens is 2. The molecule has 9 heteroatoms. The molecular formula is C27H29ClFN5O2. The van der Waals surface area contributed by atoms with Gasteiger partial charge in [-0.25, -0.2) is 4.39 Å². The number of carbonyl (C=O) groups is 1. The van der Waals surface area contributed by atoms with E-state index in [1.165, 1.54) is 6.07 Å². The Balaban J connectivity index is 1.18. The standard InChI is InChI=1S/C27H29ClFN5O2/c1-36-22-7-4-19(5-8-22)25-10-11-26(31-30-25)34-12-2-3-20(18-34)27(35)33-15-13-32(14-16-33)21-6-9-24(29)23(28)17-21/h4-11,17,20H,2-3,12-16,18H2,1H3. The van der Waals surface area contributed by atoms with E-state index in [1.54, 1.807) is 19.2 Å². The summed E-state index contributed by atoms with van der Waals surface area (Å²) < 4.78 is 18.7. The Kier molecular flexibility index (Phi) is 7.23. The molecule has 2 aromatic carbocycles. The summed E-state index contributed by atoms with van der Waals surface area (Å²) >= 11 is 5.94. The molecule has 188 valence electrons. The summed E-state index contributed by atoms with van der Waals surface area (Å²) in [5, 5.41) is 9.00. The highest BCUT2D eigenvalue weighted by atomic mass is 35.5. The van der Waals surface area contributed by atoms with Gasteiger partial charge < -0.3 is 19.4 Å². The van der Waals surface area contributed by atoms with Crippen molar-refractivity contribution in [2.75, 3.05) is 56.2 Å². The van der Waals surface area contributed by atoms with Crippen LogP contribution in [-0.4, -0.2) is 67.4 Å². The minimum atomic E-state index is -0.420. The zero-order chi connectivity index (χ0) is 25.1. The highest BCUT2D eigenvalue weighted by Gasteiger charge is 2.31. The molecule has 0 aliphatic carbocycles. The summed E-state index contributed by atoms with van der Waals surface area (Å²) in [7, 11) is 1.64. The van der Waals surface area contributed by atoms with E-state index in [4.69, 9.17) is 16.3 Å². The Morgan fingerprint density at radius 2 is 1.75 bits per heavy atom. The highest BCUT2D eigenvalue weighted by molar-refractivity contribution is 6.31. The number of amides is 1. The van der Waals surface area contributed by atoms with Crippen LogP contribution in [0, 0.1) is 11.7 Å². The Morgan fingerprint density at radius 3 is 2.42 bits per heavy atom. The zero-order valence-electron chi connectivity index (χ0n) is 20.2. The van der Waals surface area contributed by atoms with Crippen LogP contribution in [0.3, 0.4) is 0 Å². The number of hydrogen-bond acceptors (Lipinski definition) is 6. The van der Waals surface area contributed by atoms with Gasteiger partial charge in [-0.3, -0.25) is 4.79 Å². The third kappa shape index (κ3) is 5.23. The molecule has 5 rings (SSSR count). The number of piperazine rings is 1. The normalized spacial score (nSPS) is 18.3. The first kappa shape index (κ1) is 24.3. The predicted molar refractivity (Wildman–Crippen MR) is 139 cm³/mol. The molecule has 0 saturated carbocycles. The van der Waals surface area contributed by atoms with Crippen LogP contribution in [0.5, 0.6) is 5.75 Å². The number of methoxy groups -OCH3 is 1. The molecule has 0 N–H and O–H groups in total. The molecule has 2 aliphatic heterocycles. The summed E-state index contributed by atoms with van der Waals surface area (Å²) in [4.78, 5) is 19.6. The maximum Gasteiger partial charge on any atom is 0.227 e. The number of halogens is 2. The average Bonchev–Trinajstić information content (AvgIpc) is 2.94. The van der Waals surface area contributed by atoms with Gasteiger partial charge in [0.05, 0.1) is 23.7 Å². The Hall–Kier alpha value is -3.39. The molecule has 1 unspecified atom stereocenters. The van der Waals surface area contributed by atoms with E-state index in [2.05, 4.69) is 20.0 Å². The Bertz CT molecular complexity index is 1200. The van der Waals surface area contributed by atoms with Gasteiger partial charge in [-0.15, -0.1) is 10.2 Å². The topological polar surface area (TPSA) is 61.8 Å². The number of anilines is 2. The molecule has 0 bridgehead atoms. The van der Waals surface area contributed by atoms with Crippen molar-refractivity contribution in [1.82, 2.24) is 15.1 Å². The molecule has 0 spiro atoms. The maximum absolute atomic E-state index is 13.5. The van der Waals surface area contributed by atoms with Gasteiger partial charge in [0, 0.05) is 50.5 Å². The second-order valence-electron chi connectivity index (χ2n) is 9.20. The van der Waals surface area contributed by atoms with Gasteiger partial charge in [-0.1, -0.05) is 11.6 Å². The number of ether oxygens (including phenoxy) is 1. The first-order valence-electron chi connectivity index (χ1n) is 12.2. The largest absolute Gasteiger partial charge is 0.497 e. The van der Waals surface area contributed by atoms with Crippen LogP contribution in [0.2, 0.25) is 5.02 Å². The molecule has 2 fully saturated rings. The predicted octanol–water partition coefficient (Wildman–Crippen LogP) is 4.51. The lowest BCUT2D eigenvalue weighted by atomic mass is 9.96. The zero-order valence-corrected chi connectivity index (χ0v) is 21.0. The van der Waals surface area contributed by atoms with Crippen molar-refractivity contribution in [3.05, 3.63) is 65.4 Å². The van der Waals surface area contributed by atoms with Gasteiger partial charge in [0.25, 0.3) is 0 Å². The van der Waals surface area contributed by atoms with E-state index in [9.17, 15) is 9.18 Å². The monoisotopic (exact) mass is 509 g/mol. The van der Waals surface area contributed by atoms with Crippen molar-refractivity contribution in [2.24, 2.45) is 5.92 Å². The van der Waals surface area contributed by atoms with Gasteiger partial charge in [0.2, 0.25) is 5.91 Å². The second kappa shape index (κ2) is 10.7. The molecule has 36 heavy (non-hydrogen) atoms. The average molecular weight is 510 g/mol. The number of rotatable bonds is 5. The summed E-state index contributed by atoms with van der Waals surface area (Å²) in [6.07, 6.45) is 1.81. The van der Waals surface area contributed by atoms with Crippen LogP contribution >= 0.6 is 11.6 Å². The molecule has 2 aliphatic rings. The first-order chi connectivity index (χ1) is 17.5. The molecule has 3 heterocycles. The molecule has 1 aromatic heterocycles. The summed E-state index contributed by atoms with van der Waals surface area (Å²) in [5.74, 6) is 1.31. The SMILES string of the molecule is COc1ccc(-c2ccc(N3CCCC(C(=O)N4CCN(c5ccc(F)c(Cl)c5)CC4)C3)nn2)cc1. The van der Waals surface area contributed by atoms with E-state index in [-0.39, 0.29) is 16.8 Å². The fourth-order valence-electron chi connectivity index (χ4n) is 4.92. The third-order valence-electron chi connectivity index (χ3n) is 6.99. The van der Waals surface area contributed by atoms with Crippen molar-refractivity contribution in [3.8, 4) is 17.0 Å². The molecule has 0 radical (unpaired) electrons. The van der Waals surface area contributed by atoms with Gasteiger partial charge in [-0.05, 0) is 67.4 Å². The maximum atomic E-state index is 13.5. The quantitative estimate of drug-likeness (QED) is 0.504. The number of carbonyl (C=O) groups excluding carboxylic acids is 1. The fraction of sp³-hybridized carbons (Fsp3) is 0.370. The molecule has 3 aromatic rings. The molecule has 1 atom stereocenters. The lowest BCUT2D eigenvalue weighted by Crippen LogP contribution is -2.52. The minimum absolute atomic E-state index is 0.0615. The van der Waals surface area contributed by atoms with Crippen molar-refractivity contribution in [1.29, 1.82) is 0 Å². The van der Waals surface area contributed by atoms with Crippen LogP contribution < -0.4 is 14.5 Å². The minimum Gasteiger partial charge on any atom is -0.497 e. The number of benzene rings is 2. The van der Waals surface area contributed by atoms with Crippen LogP contribution in [0.25, 0.3) is 11.3 Å². The fourth-order valence-corrected chi connectivity index (χ4v) is 5.10. The van der Waals surface area contributed by atoms with Crippen LogP contribution in [0.15, 0.2) is 54.6 Å². The molecule has 1 amide bonds. The number of piperidine rings is 1. The highest BCUT2D eigenvalue weighted by Crippen LogP contribution is 2.27. The second-order valence-corrected chi connectivity index (χ2v) is 9.61. The van der Waals surface area contributed by atoms with E-state index < -0.39 is 5.82 Å². The van der Waals surface area contributed by atoms with E-state index >= 15 is 0 Å². The van der Waals surface area contributed by atoms with E-state index in [1.807, 2.05) is 41.3 Å². The van der Waals surface area contributed by atoms with Crippen LogP contribution in [-0.2, 0) is 4.79 Å². The van der Waals surface area contributed by atoms with Gasteiger partial charge >= 0.3 is 0 Å². The van der Waals surface area contributed by atoms with Crippen LogP contribution in [0.4, 0.5) is 15.9 Å². The van der Waals surface area contributed by atoms with Crippen molar-refractivity contribution >= 4 is 29.0 Å². The lowest BCUT2D eigenvalue weighted by Gasteiger charge is -2.40. The van der Waals surface area contributed by atoms with Crippen molar-refractivity contribution in [2.45, 2.75) is 12.8 Å². The molecular weight excluding hydrogens is 481 g/mol. The van der Waals surface area contributed by atoms with Gasteiger partial charge in [0.15, 0.2) is 5.82 Å². The summed E-state index contributed by atoms with van der Waals surface area (Å²) in [5.41, 5.74) is 2.66. The van der Waals surface area contributed by atoms with Crippen molar-refractivity contribution in [3.63, 3.8) is 0 Å². The summed E-state index contributed by atoms with van der Waals surface area (Å²) in [6.45, 7) is 4.18. The third-order valence-corrected chi connectivity index (χ3v) is 7.28. The Labute approximate surface area is 215 Å². The molecule has 2 saturated heterocycles. The summed E-state index contributed by atoms with van der Waals surface area (Å²) in [6, 6.07) is 16.4. The number of hydrogen-bond donors (Lipinski definition) is 0. The smallest absolute Gasteiger partial charge is 0.227 e. The van der Waals surface area contributed by atoms with E-state index in [0.29, 0.717) is 32.7 Å². The lowest BCUT2D eigenvalue weighted by molar-refractivity contribution is -0.136. The van der Waals surface area contributed by atoms with Crippen molar-refractivity contribution < 1.29 is 13.9 Å². The molecule has 7 nitrogen and oxygen atoms in total. The van der Waals surface area contributed by atoms with Crippen LogP contribution in [0.1, 0.15) is 12.8 Å². The first-order valence-corrected chi connectivity index (χ1v) is 12.6.